The molecule has 1 atom stereocenters. The fourth-order valence-electron chi connectivity index (χ4n) is 2.39. The molecule has 1 fully saturated rings. The highest BCUT2D eigenvalue weighted by Gasteiger charge is 2.23. The summed E-state index contributed by atoms with van der Waals surface area (Å²) in [6.07, 6.45) is 1.99. The lowest BCUT2D eigenvalue weighted by molar-refractivity contribution is 0.102. The molecule has 114 valence electrons. The number of carbonyl (C=O) groups excluding carboxylic acids is 1. The van der Waals surface area contributed by atoms with E-state index in [0.29, 0.717) is 22.2 Å². The zero-order chi connectivity index (χ0) is 14.9. The minimum Gasteiger partial charge on any atom is -0.454 e. The van der Waals surface area contributed by atoms with Gasteiger partial charge in [-0.25, -0.2) is 0 Å². The van der Waals surface area contributed by atoms with Crippen molar-refractivity contribution in [1.82, 2.24) is 10.2 Å². The summed E-state index contributed by atoms with van der Waals surface area (Å²) < 4.78 is 16.0. The van der Waals surface area contributed by atoms with Crippen LogP contribution in [0, 0.1) is 0 Å². The largest absolute Gasteiger partial charge is 0.454 e. The maximum Gasteiger partial charge on any atom is 0.257 e. The van der Waals surface area contributed by atoms with Crippen LogP contribution in [0.3, 0.4) is 0 Å². The first-order valence-electron chi connectivity index (χ1n) is 6.95. The van der Waals surface area contributed by atoms with Crippen molar-refractivity contribution in [3.05, 3.63) is 28.8 Å². The van der Waals surface area contributed by atoms with E-state index in [1.165, 1.54) is 11.3 Å². The second kappa shape index (κ2) is 5.54. The van der Waals surface area contributed by atoms with E-state index in [-0.39, 0.29) is 18.8 Å². The van der Waals surface area contributed by atoms with Gasteiger partial charge in [-0.2, -0.15) is 0 Å². The molecule has 0 aliphatic carbocycles. The number of hydrogen-bond donors (Lipinski definition) is 1. The Bertz CT molecular complexity index is 712. The highest BCUT2D eigenvalue weighted by atomic mass is 32.1. The number of nitrogens with zero attached hydrogens (tertiary/aromatic N) is 2. The normalized spacial score (nSPS) is 19.4. The Balaban J connectivity index is 1.47. The van der Waals surface area contributed by atoms with Crippen LogP contribution in [0.15, 0.2) is 18.2 Å². The summed E-state index contributed by atoms with van der Waals surface area (Å²) in [7, 11) is 0. The summed E-state index contributed by atoms with van der Waals surface area (Å²) in [4.78, 5) is 12.2. The minimum absolute atomic E-state index is 0.00805. The number of carbonyl (C=O) groups is 1. The molecular weight excluding hydrogens is 306 g/mol. The molecule has 0 bridgehead atoms. The van der Waals surface area contributed by atoms with E-state index in [1.807, 2.05) is 0 Å². The third-order valence-corrected chi connectivity index (χ3v) is 4.43. The van der Waals surface area contributed by atoms with E-state index in [1.54, 1.807) is 18.2 Å². The molecule has 1 saturated heterocycles. The number of rotatable bonds is 3. The number of nitrogens with one attached hydrogen (secondary N) is 1. The number of amides is 1. The molecule has 7 nitrogen and oxygen atoms in total. The van der Waals surface area contributed by atoms with Gasteiger partial charge in [0.25, 0.3) is 5.91 Å². The van der Waals surface area contributed by atoms with Gasteiger partial charge >= 0.3 is 0 Å². The highest BCUT2D eigenvalue weighted by Crippen LogP contribution is 2.34. The van der Waals surface area contributed by atoms with Gasteiger partial charge in [0.15, 0.2) is 11.5 Å². The summed E-state index contributed by atoms with van der Waals surface area (Å²) in [5.41, 5.74) is 0.484. The van der Waals surface area contributed by atoms with E-state index in [2.05, 4.69) is 15.5 Å². The van der Waals surface area contributed by atoms with Gasteiger partial charge in [-0.1, -0.05) is 11.3 Å². The molecule has 0 radical (unpaired) electrons. The number of anilines is 1. The number of aromatic nitrogens is 2. The zero-order valence-corrected chi connectivity index (χ0v) is 12.4. The van der Waals surface area contributed by atoms with E-state index < -0.39 is 0 Å². The van der Waals surface area contributed by atoms with Gasteiger partial charge in [-0.15, -0.1) is 10.2 Å². The maximum absolute atomic E-state index is 12.2. The molecule has 22 heavy (non-hydrogen) atoms. The van der Waals surface area contributed by atoms with Gasteiger partial charge in [-0.3, -0.25) is 10.1 Å². The smallest absolute Gasteiger partial charge is 0.257 e. The van der Waals surface area contributed by atoms with Crippen LogP contribution in [-0.4, -0.2) is 29.5 Å². The van der Waals surface area contributed by atoms with Crippen molar-refractivity contribution in [2.75, 3.05) is 18.7 Å². The van der Waals surface area contributed by atoms with Gasteiger partial charge in [0, 0.05) is 12.2 Å². The van der Waals surface area contributed by atoms with Gasteiger partial charge in [0.2, 0.25) is 11.9 Å². The first kappa shape index (κ1) is 13.5. The second-order valence-corrected chi connectivity index (χ2v) is 5.98. The van der Waals surface area contributed by atoms with Gasteiger partial charge in [-0.05, 0) is 31.0 Å². The predicted molar refractivity (Wildman–Crippen MR) is 78.4 cm³/mol. The van der Waals surface area contributed by atoms with Crippen molar-refractivity contribution in [2.45, 2.75) is 18.9 Å². The van der Waals surface area contributed by atoms with Crippen molar-refractivity contribution in [1.29, 1.82) is 0 Å². The van der Waals surface area contributed by atoms with Crippen molar-refractivity contribution in [3.8, 4) is 11.5 Å². The topological polar surface area (TPSA) is 82.6 Å². The lowest BCUT2D eigenvalue weighted by Crippen LogP contribution is -2.11. The zero-order valence-electron chi connectivity index (χ0n) is 11.6. The first-order valence-corrected chi connectivity index (χ1v) is 7.77. The molecule has 1 aromatic heterocycles. The summed E-state index contributed by atoms with van der Waals surface area (Å²) in [5, 5.41) is 12.1. The van der Waals surface area contributed by atoms with Gasteiger partial charge in [0.1, 0.15) is 11.1 Å². The molecule has 2 aromatic rings. The fraction of sp³-hybridized carbons (Fsp3) is 0.357. The van der Waals surface area contributed by atoms with Crippen LogP contribution in [0.5, 0.6) is 11.5 Å². The Labute approximate surface area is 130 Å². The van der Waals surface area contributed by atoms with Crippen LogP contribution in [0.2, 0.25) is 0 Å². The van der Waals surface area contributed by atoms with Crippen LogP contribution < -0.4 is 14.8 Å². The minimum atomic E-state index is -0.256. The number of benzene rings is 1. The molecule has 3 heterocycles. The second-order valence-electron chi connectivity index (χ2n) is 4.97. The Kier molecular flexibility index (Phi) is 3.39. The number of ether oxygens (including phenoxy) is 3. The van der Waals surface area contributed by atoms with Crippen molar-refractivity contribution >= 4 is 22.4 Å². The molecular formula is C14H13N3O4S. The Hall–Kier alpha value is -2.19. The fourth-order valence-corrected chi connectivity index (χ4v) is 3.22. The molecule has 1 unspecified atom stereocenters. The maximum atomic E-state index is 12.2. The first-order chi connectivity index (χ1) is 10.8. The third kappa shape index (κ3) is 2.51. The van der Waals surface area contributed by atoms with Crippen molar-refractivity contribution < 1.29 is 19.0 Å². The molecule has 0 saturated carbocycles. The summed E-state index contributed by atoms with van der Waals surface area (Å²) in [6, 6.07) is 5.06. The van der Waals surface area contributed by atoms with Gasteiger partial charge in [0.05, 0.1) is 0 Å². The Morgan fingerprint density at radius 1 is 1.27 bits per heavy atom. The summed E-state index contributed by atoms with van der Waals surface area (Å²) in [5.74, 6) is 0.964. The number of hydrogen-bond acceptors (Lipinski definition) is 7. The molecule has 1 amide bonds. The van der Waals surface area contributed by atoms with E-state index >= 15 is 0 Å². The molecule has 2 aliphatic rings. The lowest BCUT2D eigenvalue weighted by atomic mass is 10.2. The van der Waals surface area contributed by atoms with Crippen LogP contribution >= 0.6 is 11.3 Å². The average Bonchev–Trinajstić information content (AvgIpc) is 3.27. The van der Waals surface area contributed by atoms with Crippen LogP contribution in [-0.2, 0) is 4.74 Å². The summed E-state index contributed by atoms with van der Waals surface area (Å²) >= 11 is 1.34. The summed E-state index contributed by atoms with van der Waals surface area (Å²) in [6.45, 7) is 0.935. The molecule has 1 aromatic carbocycles. The highest BCUT2D eigenvalue weighted by molar-refractivity contribution is 7.15. The van der Waals surface area contributed by atoms with Gasteiger partial charge < -0.3 is 14.2 Å². The van der Waals surface area contributed by atoms with E-state index in [9.17, 15) is 4.79 Å². The monoisotopic (exact) mass is 319 g/mol. The molecule has 2 aliphatic heterocycles. The van der Waals surface area contributed by atoms with Crippen molar-refractivity contribution in [2.24, 2.45) is 0 Å². The molecule has 8 heteroatoms. The van der Waals surface area contributed by atoms with E-state index in [4.69, 9.17) is 14.2 Å². The average molecular weight is 319 g/mol. The SMILES string of the molecule is O=C(Nc1nnc(C2CCCO2)s1)c1ccc2c(c1)OCO2. The Morgan fingerprint density at radius 2 is 2.18 bits per heavy atom. The van der Waals surface area contributed by atoms with Crippen LogP contribution in [0.1, 0.15) is 34.3 Å². The van der Waals surface area contributed by atoms with E-state index in [0.717, 1.165) is 24.5 Å². The van der Waals surface area contributed by atoms with Crippen molar-refractivity contribution in [3.63, 3.8) is 0 Å². The van der Waals surface area contributed by atoms with Crippen LogP contribution in [0.4, 0.5) is 5.13 Å². The molecule has 4 rings (SSSR count). The predicted octanol–water partition coefficient (Wildman–Crippen LogP) is 2.37. The molecule has 1 N–H and O–H groups in total. The Morgan fingerprint density at radius 3 is 3.05 bits per heavy atom. The standard InChI is InChI=1S/C14H13N3O4S/c18-12(8-3-4-9-11(6-8)21-7-20-9)15-14-17-16-13(22-14)10-2-1-5-19-10/h3-4,6,10H,1-2,5,7H2,(H,15,17,18). The quantitative estimate of drug-likeness (QED) is 0.935. The molecule has 0 spiro atoms. The third-order valence-electron chi connectivity index (χ3n) is 3.50. The lowest BCUT2D eigenvalue weighted by Gasteiger charge is -2.03. The number of fused-ring (bicyclic) bond motifs is 1. The van der Waals surface area contributed by atoms with Crippen LogP contribution in [0.25, 0.3) is 0 Å².